The lowest BCUT2D eigenvalue weighted by Crippen LogP contribution is -2.40. The highest BCUT2D eigenvalue weighted by molar-refractivity contribution is 4.54. The van der Waals surface area contributed by atoms with E-state index in [1.165, 1.54) is 0 Å². The first-order valence-corrected chi connectivity index (χ1v) is 5.78. The lowest BCUT2D eigenvalue weighted by atomic mass is 10.4. The molecule has 0 atom stereocenters. The van der Waals surface area contributed by atoms with Crippen molar-refractivity contribution in [2.45, 2.75) is 12.8 Å². The molecule has 2 heterocycles. The zero-order valence-electron chi connectivity index (χ0n) is 9.19. The predicted molar refractivity (Wildman–Crippen MR) is 55.1 cm³/mol. The Morgan fingerprint density at radius 1 is 0.867 bits per heavy atom. The van der Waals surface area contributed by atoms with E-state index >= 15 is 0 Å². The molecular weight excluding hydrogens is 196 g/mol. The summed E-state index contributed by atoms with van der Waals surface area (Å²) in [4.78, 5) is 10.3. The van der Waals surface area contributed by atoms with E-state index in [4.69, 9.17) is 14.4 Å². The average molecular weight is 216 g/mol. The summed E-state index contributed by atoms with van der Waals surface area (Å²) in [6, 6.07) is 0. The molecule has 0 radical (unpaired) electrons. The van der Waals surface area contributed by atoms with Crippen LogP contribution in [0, 0.1) is 0 Å². The fourth-order valence-corrected chi connectivity index (χ4v) is 1.58. The van der Waals surface area contributed by atoms with Crippen LogP contribution < -0.4 is 0 Å². The molecule has 0 aliphatic carbocycles. The number of hydrogen-bond acceptors (Lipinski definition) is 5. The van der Waals surface area contributed by atoms with E-state index in [0.29, 0.717) is 0 Å². The molecule has 5 heteroatoms. The van der Waals surface area contributed by atoms with E-state index in [2.05, 4.69) is 0 Å². The molecule has 0 bridgehead atoms. The van der Waals surface area contributed by atoms with Crippen LogP contribution in [-0.4, -0.2) is 62.7 Å². The van der Waals surface area contributed by atoms with Crippen molar-refractivity contribution >= 4 is 0 Å². The molecule has 0 spiro atoms. The molecule has 2 fully saturated rings. The fraction of sp³-hybridized carbons (Fsp3) is 1.00. The van der Waals surface area contributed by atoms with Crippen LogP contribution in [0.4, 0.5) is 0 Å². The summed E-state index contributed by atoms with van der Waals surface area (Å²) in [5.41, 5.74) is 0. The molecule has 2 saturated heterocycles. The van der Waals surface area contributed by atoms with E-state index in [1.54, 1.807) is 0 Å². The highest BCUT2D eigenvalue weighted by atomic mass is 16.7. The summed E-state index contributed by atoms with van der Waals surface area (Å²) in [5.74, 6) is 0. The molecule has 0 saturated carbocycles. The van der Waals surface area contributed by atoms with E-state index in [9.17, 15) is 0 Å². The Labute approximate surface area is 90.8 Å². The van der Waals surface area contributed by atoms with E-state index in [1.807, 2.05) is 10.1 Å². The van der Waals surface area contributed by atoms with Crippen LogP contribution in [0.15, 0.2) is 0 Å². The van der Waals surface area contributed by atoms with Crippen molar-refractivity contribution in [3.8, 4) is 0 Å². The number of hydroxylamine groups is 4. The topological polar surface area (TPSA) is 34.2 Å². The first kappa shape index (κ1) is 11.3. The minimum atomic E-state index is 0.834. The van der Waals surface area contributed by atoms with Crippen molar-refractivity contribution in [1.82, 2.24) is 10.1 Å². The Hall–Kier alpha value is -0.200. The highest BCUT2D eigenvalue weighted by Crippen LogP contribution is 2.04. The van der Waals surface area contributed by atoms with Gasteiger partial charge in [-0.1, -0.05) is 0 Å². The van der Waals surface area contributed by atoms with Crippen LogP contribution in [-0.2, 0) is 14.4 Å². The zero-order chi connectivity index (χ0) is 10.3. The summed E-state index contributed by atoms with van der Waals surface area (Å²) >= 11 is 0. The van der Waals surface area contributed by atoms with Crippen LogP contribution in [0.2, 0.25) is 0 Å². The summed E-state index contributed by atoms with van der Waals surface area (Å²) in [7, 11) is 0. The normalized spacial score (nSPS) is 22.4. The van der Waals surface area contributed by atoms with Crippen molar-refractivity contribution in [3.05, 3.63) is 0 Å². The van der Waals surface area contributed by atoms with Gasteiger partial charge < -0.3 is 4.74 Å². The average Bonchev–Trinajstić information content (AvgIpc) is 2.09. The van der Waals surface area contributed by atoms with Crippen molar-refractivity contribution in [1.29, 1.82) is 0 Å². The minimum absolute atomic E-state index is 0.834. The van der Waals surface area contributed by atoms with Crippen molar-refractivity contribution in [3.63, 3.8) is 0 Å². The largest absolute Gasteiger partial charge is 0.381 e. The zero-order valence-corrected chi connectivity index (χ0v) is 9.19. The van der Waals surface area contributed by atoms with Crippen molar-refractivity contribution in [2.24, 2.45) is 0 Å². The summed E-state index contributed by atoms with van der Waals surface area (Å²) in [6.07, 6.45) is 2.11. The molecule has 2 rings (SSSR count). The maximum atomic E-state index is 5.51. The van der Waals surface area contributed by atoms with Gasteiger partial charge in [0.25, 0.3) is 0 Å². The lowest BCUT2D eigenvalue weighted by molar-refractivity contribution is -0.249. The third kappa shape index (κ3) is 4.04. The second kappa shape index (κ2) is 6.40. The van der Waals surface area contributed by atoms with Gasteiger partial charge in [-0.2, -0.15) is 10.1 Å². The van der Waals surface area contributed by atoms with Gasteiger partial charge in [-0.05, 0) is 12.8 Å². The second-order valence-electron chi connectivity index (χ2n) is 3.84. The quantitative estimate of drug-likeness (QED) is 0.544. The Kier molecular flexibility index (Phi) is 4.82. The molecule has 0 amide bonds. The van der Waals surface area contributed by atoms with Crippen LogP contribution in [0.3, 0.4) is 0 Å². The highest BCUT2D eigenvalue weighted by Gasteiger charge is 2.14. The molecular formula is C10H20N2O3. The van der Waals surface area contributed by atoms with Gasteiger partial charge in [0, 0.05) is 39.4 Å². The van der Waals surface area contributed by atoms with Gasteiger partial charge in [-0.15, -0.1) is 0 Å². The van der Waals surface area contributed by atoms with Gasteiger partial charge in [0.2, 0.25) is 0 Å². The standard InChI is InChI=1S/C10H20N2O3/c1(3-11-5-9-14-11)7-13-8-2-4-12-6-10-15-12/h1-10H2. The monoisotopic (exact) mass is 216 g/mol. The second-order valence-corrected chi connectivity index (χ2v) is 3.84. The summed E-state index contributed by atoms with van der Waals surface area (Å²) in [5, 5.41) is 3.97. The maximum absolute atomic E-state index is 5.51. The lowest BCUT2D eigenvalue weighted by Gasteiger charge is -2.30. The molecule has 0 aromatic heterocycles. The maximum Gasteiger partial charge on any atom is 0.0835 e. The molecule has 88 valence electrons. The molecule has 0 N–H and O–H groups in total. The molecule has 15 heavy (non-hydrogen) atoms. The number of hydrogen-bond donors (Lipinski definition) is 0. The minimum Gasteiger partial charge on any atom is -0.381 e. The smallest absolute Gasteiger partial charge is 0.0835 e. The van der Waals surface area contributed by atoms with E-state index in [0.717, 1.165) is 65.4 Å². The Morgan fingerprint density at radius 3 is 1.67 bits per heavy atom. The summed E-state index contributed by atoms with van der Waals surface area (Å²) < 4.78 is 5.51. The van der Waals surface area contributed by atoms with Crippen LogP contribution in [0.1, 0.15) is 12.8 Å². The Balaban J connectivity index is 1.29. The van der Waals surface area contributed by atoms with Gasteiger partial charge in [0.05, 0.1) is 13.2 Å². The number of nitrogens with zero attached hydrogens (tertiary/aromatic N) is 2. The first-order valence-electron chi connectivity index (χ1n) is 5.78. The van der Waals surface area contributed by atoms with Crippen LogP contribution in [0.25, 0.3) is 0 Å². The van der Waals surface area contributed by atoms with E-state index < -0.39 is 0 Å². The molecule has 0 aromatic rings. The van der Waals surface area contributed by atoms with Crippen LogP contribution >= 0.6 is 0 Å². The number of rotatable bonds is 8. The van der Waals surface area contributed by atoms with Gasteiger partial charge >= 0.3 is 0 Å². The van der Waals surface area contributed by atoms with Gasteiger partial charge in [-0.3, -0.25) is 9.68 Å². The molecule has 2 aliphatic heterocycles. The number of ether oxygens (including phenoxy) is 1. The SMILES string of the molecule is C(COCCCN1CCO1)CN1CCO1. The Bertz CT molecular complexity index is 154. The Morgan fingerprint density at radius 2 is 1.33 bits per heavy atom. The first-order chi connectivity index (χ1) is 7.45. The molecule has 0 unspecified atom stereocenters. The van der Waals surface area contributed by atoms with Gasteiger partial charge in [0.15, 0.2) is 0 Å². The van der Waals surface area contributed by atoms with Gasteiger partial charge in [0.1, 0.15) is 0 Å². The van der Waals surface area contributed by atoms with Crippen molar-refractivity contribution < 1.29 is 14.4 Å². The summed E-state index contributed by atoms with van der Waals surface area (Å²) in [6.45, 7) is 7.58. The predicted octanol–water partition coefficient (Wildman–Crippen LogP) is 0.278. The van der Waals surface area contributed by atoms with Crippen molar-refractivity contribution in [2.75, 3.05) is 52.6 Å². The molecule has 0 aromatic carbocycles. The molecule has 5 nitrogen and oxygen atoms in total. The molecule has 2 aliphatic rings. The fourth-order valence-electron chi connectivity index (χ4n) is 1.58. The van der Waals surface area contributed by atoms with Gasteiger partial charge in [-0.25, -0.2) is 0 Å². The van der Waals surface area contributed by atoms with Crippen LogP contribution in [0.5, 0.6) is 0 Å². The third-order valence-electron chi connectivity index (χ3n) is 2.62. The van der Waals surface area contributed by atoms with E-state index in [-0.39, 0.29) is 0 Å². The third-order valence-corrected chi connectivity index (χ3v) is 2.62.